The van der Waals surface area contributed by atoms with Gasteiger partial charge in [0.25, 0.3) is 0 Å². The molecule has 2 aliphatic heterocycles. The van der Waals surface area contributed by atoms with Crippen molar-refractivity contribution in [1.82, 2.24) is 4.90 Å². The summed E-state index contributed by atoms with van der Waals surface area (Å²) >= 11 is 0. The van der Waals surface area contributed by atoms with Gasteiger partial charge < -0.3 is 14.5 Å². The predicted molar refractivity (Wildman–Crippen MR) is 97.8 cm³/mol. The number of hydrogen-bond acceptors (Lipinski definition) is 5. The van der Waals surface area contributed by atoms with Crippen LogP contribution in [-0.4, -0.2) is 48.3 Å². The lowest BCUT2D eigenvalue weighted by atomic mass is 9.86. The van der Waals surface area contributed by atoms with Crippen LogP contribution in [0.3, 0.4) is 0 Å². The van der Waals surface area contributed by atoms with E-state index in [2.05, 4.69) is 36.3 Å². The Morgan fingerprint density at radius 3 is 2.46 bits per heavy atom. The number of carbonyl (C=O) groups is 2. The molecule has 6 heteroatoms. The number of likely N-dealkylation sites (tertiary alicyclic amines) is 1. The van der Waals surface area contributed by atoms with Gasteiger partial charge in [-0.05, 0) is 24.0 Å². The van der Waals surface area contributed by atoms with E-state index >= 15 is 0 Å². The van der Waals surface area contributed by atoms with Gasteiger partial charge in [-0.2, -0.15) is 0 Å². The summed E-state index contributed by atoms with van der Waals surface area (Å²) in [5.41, 5.74) is 2.39. The Morgan fingerprint density at radius 1 is 1.19 bits per heavy atom. The van der Waals surface area contributed by atoms with E-state index < -0.39 is 11.6 Å². The minimum absolute atomic E-state index is 0.173. The summed E-state index contributed by atoms with van der Waals surface area (Å²) in [7, 11) is 1.34. The van der Waals surface area contributed by atoms with Crippen molar-refractivity contribution in [3.8, 4) is 0 Å². The second kappa shape index (κ2) is 7.89. The highest BCUT2D eigenvalue weighted by atomic mass is 16.7. The first-order valence-corrected chi connectivity index (χ1v) is 9.24. The number of esters is 1. The highest BCUT2D eigenvalue weighted by Crippen LogP contribution is 2.35. The normalized spacial score (nSPS) is 18.4. The topological polar surface area (TPSA) is 68.2 Å². The van der Waals surface area contributed by atoms with E-state index in [4.69, 9.17) is 9.57 Å². The summed E-state index contributed by atoms with van der Waals surface area (Å²) in [5.74, 6) is -0.263. The summed E-state index contributed by atoms with van der Waals surface area (Å²) in [6.07, 6.45) is 4.14. The second-order valence-electron chi connectivity index (χ2n) is 7.03. The number of aryl methyl sites for hydroxylation is 2. The van der Waals surface area contributed by atoms with E-state index in [1.165, 1.54) is 18.2 Å². The van der Waals surface area contributed by atoms with E-state index in [0.717, 1.165) is 12.8 Å². The molecule has 2 heterocycles. The van der Waals surface area contributed by atoms with Crippen molar-refractivity contribution in [2.75, 3.05) is 20.2 Å². The Morgan fingerprint density at radius 2 is 1.85 bits per heavy atom. The van der Waals surface area contributed by atoms with Gasteiger partial charge in [-0.1, -0.05) is 36.3 Å². The van der Waals surface area contributed by atoms with Gasteiger partial charge in [0.15, 0.2) is 5.71 Å². The molecule has 0 aromatic heterocycles. The van der Waals surface area contributed by atoms with E-state index in [-0.39, 0.29) is 5.91 Å². The van der Waals surface area contributed by atoms with E-state index in [9.17, 15) is 9.59 Å². The molecule has 1 saturated heterocycles. The molecule has 1 aromatic rings. The van der Waals surface area contributed by atoms with Crippen LogP contribution in [0.5, 0.6) is 0 Å². The third-order valence-corrected chi connectivity index (χ3v) is 5.35. The Balaban J connectivity index is 1.46. The zero-order valence-corrected chi connectivity index (χ0v) is 15.5. The van der Waals surface area contributed by atoms with Crippen molar-refractivity contribution in [2.45, 2.75) is 51.0 Å². The minimum Gasteiger partial charge on any atom is -0.464 e. The zero-order valence-electron chi connectivity index (χ0n) is 15.5. The van der Waals surface area contributed by atoms with Crippen LogP contribution >= 0.6 is 0 Å². The highest BCUT2D eigenvalue weighted by molar-refractivity contribution is 6.36. The minimum atomic E-state index is -0.448. The molecule has 0 aliphatic carbocycles. The fourth-order valence-corrected chi connectivity index (χ4v) is 3.53. The van der Waals surface area contributed by atoms with Gasteiger partial charge >= 0.3 is 5.97 Å². The summed E-state index contributed by atoms with van der Waals surface area (Å²) < 4.78 is 4.70. The molecule has 1 aromatic carbocycles. The Hall–Kier alpha value is -2.37. The molecule has 1 spiro atoms. The third kappa shape index (κ3) is 4.06. The van der Waals surface area contributed by atoms with Crippen LogP contribution in [0.1, 0.15) is 43.7 Å². The molecule has 6 nitrogen and oxygen atoms in total. The van der Waals surface area contributed by atoms with Crippen LogP contribution < -0.4 is 0 Å². The summed E-state index contributed by atoms with van der Waals surface area (Å²) in [5, 5.41) is 3.88. The van der Waals surface area contributed by atoms with Gasteiger partial charge in [-0.3, -0.25) is 4.79 Å². The SMILES string of the molecule is CCc1ccc(CCC(=O)N2CCC3(CC2)CC(C(=O)OC)=NO3)cc1. The van der Waals surface area contributed by atoms with Crippen LogP contribution in [0.25, 0.3) is 0 Å². The first-order valence-electron chi connectivity index (χ1n) is 9.24. The average Bonchev–Trinajstić information content (AvgIpc) is 3.10. The summed E-state index contributed by atoms with van der Waals surface area (Å²) in [6.45, 7) is 3.41. The Labute approximate surface area is 154 Å². The van der Waals surface area contributed by atoms with Crippen LogP contribution in [0.15, 0.2) is 29.4 Å². The predicted octanol–water partition coefficient (Wildman–Crippen LogP) is 2.49. The molecule has 0 N–H and O–H groups in total. The van der Waals surface area contributed by atoms with Crippen LogP contribution in [-0.2, 0) is 32.0 Å². The largest absolute Gasteiger partial charge is 0.464 e. The lowest BCUT2D eigenvalue weighted by Crippen LogP contribution is -2.47. The van der Waals surface area contributed by atoms with E-state index in [1.807, 2.05) is 4.90 Å². The average molecular weight is 358 g/mol. The first kappa shape index (κ1) is 18.4. The maximum absolute atomic E-state index is 12.5. The molecule has 1 amide bonds. The van der Waals surface area contributed by atoms with Crippen molar-refractivity contribution in [2.24, 2.45) is 5.16 Å². The van der Waals surface area contributed by atoms with Crippen molar-refractivity contribution in [3.63, 3.8) is 0 Å². The number of amides is 1. The smallest absolute Gasteiger partial charge is 0.355 e. The maximum Gasteiger partial charge on any atom is 0.355 e. The Kier molecular flexibility index (Phi) is 5.59. The molecule has 0 radical (unpaired) electrons. The first-order chi connectivity index (χ1) is 12.5. The van der Waals surface area contributed by atoms with Gasteiger partial charge in [-0.25, -0.2) is 4.79 Å². The van der Waals surface area contributed by atoms with Crippen molar-refractivity contribution in [1.29, 1.82) is 0 Å². The molecule has 0 bridgehead atoms. The number of oxime groups is 1. The van der Waals surface area contributed by atoms with Crippen molar-refractivity contribution < 1.29 is 19.2 Å². The number of rotatable bonds is 5. The van der Waals surface area contributed by atoms with Gasteiger partial charge in [0.05, 0.1) is 7.11 Å². The maximum atomic E-state index is 12.5. The monoisotopic (exact) mass is 358 g/mol. The van der Waals surface area contributed by atoms with Crippen LogP contribution in [0.2, 0.25) is 0 Å². The summed E-state index contributed by atoms with van der Waals surface area (Å²) in [6, 6.07) is 8.46. The number of hydrogen-bond donors (Lipinski definition) is 0. The number of benzene rings is 1. The molecule has 26 heavy (non-hydrogen) atoms. The molecule has 2 aliphatic rings. The zero-order chi connectivity index (χ0) is 18.6. The lowest BCUT2D eigenvalue weighted by Gasteiger charge is -2.37. The van der Waals surface area contributed by atoms with Crippen molar-refractivity contribution in [3.05, 3.63) is 35.4 Å². The number of methoxy groups -OCH3 is 1. The van der Waals surface area contributed by atoms with Gasteiger partial charge in [0.1, 0.15) is 5.60 Å². The molecule has 140 valence electrons. The van der Waals surface area contributed by atoms with E-state index in [0.29, 0.717) is 44.5 Å². The van der Waals surface area contributed by atoms with Crippen LogP contribution in [0.4, 0.5) is 0 Å². The molecule has 3 rings (SSSR count). The number of nitrogens with zero attached hydrogens (tertiary/aromatic N) is 2. The molecule has 1 fully saturated rings. The van der Waals surface area contributed by atoms with Crippen LogP contribution in [0, 0.1) is 0 Å². The molecule has 0 saturated carbocycles. The number of carbonyl (C=O) groups excluding carboxylic acids is 2. The van der Waals surface area contributed by atoms with Gasteiger partial charge in [-0.15, -0.1) is 0 Å². The quantitative estimate of drug-likeness (QED) is 0.759. The third-order valence-electron chi connectivity index (χ3n) is 5.35. The lowest BCUT2D eigenvalue weighted by molar-refractivity contribution is -0.137. The van der Waals surface area contributed by atoms with E-state index in [1.54, 1.807) is 0 Å². The standard InChI is InChI=1S/C20H26N2O4/c1-3-15-4-6-16(7-5-15)8-9-18(23)22-12-10-20(11-13-22)14-17(21-26-20)19(24)25-2/h4-7H,3,8-14H2,1-2H3. The summed E-state index contributed by atoms with van der Waals surface area (Å²) in [4.78, 5) is 31.5. The fraction of sp³-hybridized carbons (Fsp3) is 0.550. The Bertz CT molecular complexity index is 688. The molecule has 0 atom stereocenters. The number of piperidine rings is 1. The molecular formula is C20H26N2O4. The van der Waals surface area contributed by atoms with Gasteiger partial charge in [0.2, 0.25) is 5.91 Å². The number of ether oxygens (including phenoxy) is 1. The highest BCUT2D eigenvalue weighted by Gasteiger charge is 2.44. The van der Waals surface area contributed by atoms with Gasteiger partial charge in [0, 0.05) is 38.8 Å². The molecular weight excluding hydrogens is 332 g/mol. The molecule has 0 unspecified atom stereocenters. The van der Waals surface area contributed by atoms with Crippen molar-refractivity contribution >= 4 is 17.6 Å². The second-order valence-corrected chi connectivity index (χ2v) is 7.03. The fourth-order valence-electron chi connectivity index (χ4n) is 3.53.